The smallest absolute Gasteiger partial charge is 0.420 e. The van der Waals surface area contributed by atoms with E-state index >= 15 is 0 Å². The molecule has 0 bridgehead atoms. The third-order valence-corrected chi connectivity index (χ3v) is 6.70. The first kappa shape index (κ1) is 20.8. The quantitative estimate of drug-likeness (QED) is 0.534. The first-order valence-electron chi connectivity index (χ1n) is 7.78. The Labute approximate surface area is 177 Å². The van der Waals surface area contributed by atoms with Crippen molar-refractivity contribution in [2.45, 2.75) is 0 Å². The van der Waals surface area contributed by atoms with Crippen LogP contribution in [0.15, 0.2) is 35.1 Å². The lowest BCUT2D eigenvalue weighted by atomic mass is 10.3. The Morgan fingerprint density at radius 1 is 1.36 bits per heavy atom. The number of hydrogen-bond acceptors (Lipinski definition) is 6. The summed E-state index contributed by atoms with van der Waals surface area (Å²) in [6.07, 6.45) is 0.682. The number of carbonyl (C=O) groups excluding carboxylic acids is 1. The van der Waals surface area contributed by atoms with Gasteiger partial charge in [0.1, 0.15) is 0 Å². The number of thiocarbonyl (C=S) groups is 1. The molecular formula is C15H16Cl2N5O4S2+. The maximum Gasteiger partial charge on any atom is 0.420 e. The molecule has 1 aromatic carbocycles. The van der Waals surface area contributed by atoms with Crippen LogP contribution < -0.4 is 4.72 Å². The van der Waals surface area contributed by atoms with Crippen LogP contribution in [0.5, 0.6) is 0 Å². The van der Waals surface area contributed by atoms with Gasteiger partial charge in [0, 0.05) is 0 Å². The van der Waals surface area contributed by atoms with Gasteiger partial charge in [0.2, 0.25) is 0 Å². The van der Waals surface area contributed by atoms with Gasteiger partial charge in [-0.3, -0.25) is 4.72 Å². The number of nitrogens with zero attached hydrogens (tertiary/aromatic N) is 4. The number of aliphatic imine (C=N–C) groups is 1. The summed E-state index contributed by atoms with van der Waals surface area (Å²) < 4.78 is 33.1. The van der Waals surface area contributed by atoms with Crippen LogP contribution in [0.25, 0.3) is 0 Å². The normalized spacial score (nSPS) is 21.8. The number of amidine groups is 1. The average molecular weight is 465 g/mol. The van der Waals surface area contributed by atoms with Crippen molar-refractivity contribution >= 4 is 67.4 Å². The monoisotopic (exact) mass is 464 g/mol. The molecule has 28 heavy (non-hydrogen) atoms. The lowest BCUT2D eigenvalue weighted by Crippen LogP contribution is -2.63. The number of hydrogen-bond donors (Lipinski definition) is 1. The number of benzene rings is 1. The maximum absolute atomic E-state index is 13.1. The standard InChI is InChI=1S/C15H16Cl2N5O4S2/c1-20-12(27)7-11-18-14(21(15(23)26-3)8-22(11,20)2)28(24,25)19-13-9(16)5-4-6-10(13)17/h4-7,19H,8H2,1-3H3/q+1. The number of para-hydroxylation sites is 1. The summed E-state index contributed by atoms with van der Waals surface area (Å²) >= 11 is 17.4. The summed E-state index contributed by atoms with van der Waals surface area (Å²) in [6.45, 7) is -0.0921. The molecule has 150 valence electrons. The first-order valence-corrected chi connectivity index (χ1v) is 10.4. The Morgan fingerprint density at radius 2 is 1.96 bits per heavy atom. The van der Waals surface area contributed by atoms with Gasteiger partial charge in [-0.05, 0) is 12.1 Å². The Bertz CT molecular complexity index is 1020. The van der Waals surface area contributed by atoms with Crippen molar-refractivity contribution < 1.29 is 22.5 Å². The molecule has 2 heterocycles. The molecule has 0 fully saturated rings. The van der Waals surface area contributed by atoms with E-state index in [1.807, 2.05) is 0 Å². The molecule has 0 saturated heterocycles. The maximum atomic E-state index is 13.1. The van der Waals surface area contributed by atoms with Crippen LogP contribution in [0, 0.1) is 0 Å². The minimum atomic E-state index is -4.34. The van der Waals surface area contributed by atoms with Crippen LogP contribution in [-0.4, -0.2) is 67.0 Å². The predicted molar refractivity (Wildman–Crippen MR) is 110 cm³/mol. The van der Waals surface area contributed by atoms with Crippen molar-refractivity contribution in [2.24, 2.45) is 4.99 Å². The number of sulfonamides is 1. The number of carbonyl (C=O) groups is 1. The highest BCUT2D eigenvalue weighted by atomic mass is 35.5. The number of nitrogens with one attached hydrogen (secondary N) is 1. The average Bonchev–Trinajstić information content (AvgIpc) is 2.86. The van der Waals surface area contributed by atoms with Crippen LogP contribution >= 0.6 is 35.4 Å². The Balaban J connectivity index is 2.11. The molecule has 2 aliphatic rings. The van der Waals surface area contributed by atoms with E-state index < -0.39 is 21.3 Å². The molecule has 0 aliphatic carbocycles. The minimum Gasteiger partial charge on any atom is -0.452 e. The second-order valence-electron chi connectivity index (χ2n) is 6.14. The fourth-order valence-electron chi connectivity index (χ4n) is 2.74. The number of halogens is 2. The van der Waals surface area contributed by atoms with Gasteiger partial charge in [0.05, 0.1) is 43.0 Å². The van der Waals surface area contributed by atoms with Crippen molar-refractivity contribution in [3.05, 3.63) is 40.1 Å². The van der Waals surface area contributed by atoms with E-state index in [1.165, 1.54) is 12.1 Å². The van der Waals surface area contributed by atoms with E-state index in [1.54, 1.807) is 31.2 Å². The van der Waals surface area contributed by atoms with Gasteiger partial charge in [-0.2, -0.15) is 22.9 Å². The molecule has 0 aromatic heterocycles. The highest BCUT2D eigenvalue weighted by Gasteiger charge is 2.51. The van der Waals surface area contributed by atoms with Crippen molar-refractivity contribution in [3.63, 3.8) is 0 Å². The summed E-state index contributed by atoms with van der Waals surface area (Å²) in [5.74, 6) is 0.360. The van der Waals surface area contributed by atoms with Crippen LogP contribution in [0.3, 0.4) is 0 Å². The fourth-order valence-corrected chi connectivity index (χ4v) is 4.85. The molecule has 1 atom stereocenters. The number of ether oxygens (including phenoxy) is 1. The molecule has 1 unspecified atom stereocenters. The van der Waals surface area contributed by atoms with E-state index in [2.05, 4.69) is 9.71 Å². The number of likely N-dealkylation sites (N-methyl/N-ethyl adjacent to an activating group) is 1. The largest absolute Gasteiger partial charge is 0.452 e. The SMILES string of the molecule is COC(=O)N1C[N+]2(C)C(=CC(=S)N2C)N=C1S(=O)(=O)Nc1c(Cl)cccc1Cl. The predicted octanol–water partition coefficient (Wildman–Crippen LogP) is 2.61. The third kappa shape index (κ3) is 3.33. The van der Waals surface area contributed by atoms with E-state index in [4.69, 9.17) is 40.2 Å². The number of anilines is 1. The lowest BCUT2D eigenvalue weighted by Gasteiger charge is -2.41. The highest BCUT2D eigenvalue weighted by molar-refractivity contribution is 8.07. The molecule has 0 spiro atoms. The number of amides is 1. The Kier molecular flexibility index (Phi) is 5.32. The van der Waals surface area contributed by atoms with E-state index in [9.17, 15) is 13.2 Å². The molecule has 1 amide bonds. The number of quaternary nitrogens is 1. The summed E-state index contributed by atoms with van der Waals surface area (Å²) in [6, 6.07) is 4.53. The van der Waals surface area contributed by atoms with Gasteiger partial charge in [0.25, 0.3) is 21.0 Å². The summed E-state index contributed by atoms with van der Waals surface area (Å²) in [5.41, 5.74) is -0.0192. The molecule has 1 N–H and O–H groups in total. The Morgan fingerprint density at radius 3 is 2.54 bits per heavy atom. The zero-order chi connectivity index (χ0) is 20.9. The molecule has 0 radical (unpaired) electrons. The first-order chi connectivity index (χ1) is 13.0. The van der Waals surface area contributed by atoms with E-state index in [0.717, 1.165) is 12.0 Å². The number of rotatable bonds is 2. The second-order valence-corrected chi connectivity index (χ2v) is 8.95. The van der Waals surface area contributed by atoms with Crippen molar-refractivity contribution in [3.8, 4) is 0 Å². The summed E-state index contributed by atoms with van der Waals surface area (Å²) in [4.78, 5) is 17.9. The van der Waals surface area contributed by atoms with Crippen LogP contribution in [0.1, 0.15) is 0 Å². The molecule has 2 aliphatic heterocycles. The molecule has 9 nitrogen and oxygen atoms in total. The molecule has 1 aromatic rings. The topological polar surface area (TPSA) is 91.3 Å². The van der Waals surface area contributed by atoms with Crippen LogP contribution in [0.4, 0.5) is 10.5 Å². The second kappa shape index (κ2) is 7.16. The van der Waals surface area contributed by atoms with Crippen molar-refractivity contribution in [2.75, 3.05) is 32.6 Å². The molecular weight excluding hydrogens is 449 g/mol. The minimum absolute atomic E-state index is 0.0141. The van der Waals surface area contributed by atoms with Gasteiger partial charge >= 0.3 is 6.09 Å². The number of fused-ring (bicyclic) bond motifs is 1. The fraction of sp³-hybridized carbons (Fsp3) is 0.267. The van der Waals surface area contributed by atoms with E-state index in [0.29, 0.717) is 10.8 Å². The molecule has 0 saturated carbocycles. The van der Waals surface area contributed by atoms with Crippen LogP contribution in [0.2, 0.25) is 10.0 Å². The highest BCUT2D eigenvalue weighted by Crippen LogP contribution is 2.34. The Hall–Kier alpha value is -1.92. The zero-order valence-electron chi connectivity index (χ0n) is 15.0. The lowest BCUT2D eigenvalue weighted by molar-refractivity contribution is -0.973. The summed E-state index contributed by atoms with van der Waals surface area (Å²) in [5, 5.41) is 1.33. The van der Waals surface area contributed by atoms with Gasteiger partial charge < -0.3 is 4.74 Å². The zero-order valence-corrected chi connectivity index (χ0v) is 18.2. The summed E-state index contributed by atoms with van der Waals surface area (Å²) in [7, 11) is 0.268. The van der Waals surface area contributed by atoms with E-state index in [-0.39, 0.29) is 27.0 Å². The number of methoxy groups -OCH3 is 1. The van der Waals surface area contributed by atoms with Crippen molar-refractivity contribution in [1.29, 1.82) is 0 Å². The van der Waals surface area contributed by atoms with Gasteiger partial charge in [-0.1, -0.05) is 41.5 Å². The van der Waals surface area contributed by atoms with Gasteiger partial charge in [-0.25, -0.2) is 9.80 Å². The van der Waals surface area contributed by atoms with Gasteiger partial charge in [0.15, 0.2) is 11.7 Å². The third-order valence-electron chi connectivity index (χ3n) is 4.42. The molecule has 3 rings (SSSR count). The van der Waals surface area contributed by atoms with Crippen LogP contribution in [-0.2, 0) is 14.8 Å². The van der Waals surface area contributed by atoms with Crippen molar-refractivity contribution in [1.82, 2.24) is 9.91 Å². The molecule has 13 heteroatoms. The van der Waals surface area contributed by atoms with Gasteiger partial charge in [-0.15, -0.1) is 0 Å².